The summed E-state index contributed by atoms with van der Waals surface area (Å²) in [5.74, 6) is 0.945. The fraction of sp³-hybridized carbons (Fsp3) is 0.381. The maximum absolute atomic E-state index is 12.7. The molecule has 4 rings (SSSR count). The average molecular weight is 493 g/mol. The van der Waals surface area contributed by atoms with Crippen LogP contribution in [0.15, 0.2) is 30.5 Å². The lowest BCUT2D eigenvalue weighted by Crippen LogP contribution is -2.19. The molecule has 1 saturated heterocycles. The highest BCUT2D eigenvalue weighted by atomic mass is 35.5. The van der Waals surface area contributed by atoms with E-state index in [4.69, 9.17) is 16.3 Å². The number of carbonyl (C=O) groups is 1. The number of methoxy groups -OCH3 is 1. The van der Waals surface area contributed by atoms with Crippen LogP contribution in [-0.4, -0.2) is 67.5 Å². The first-order chi connectivity index (χ1) is 15.6. The Kier molecular flexibility index (Phi) is 6.46. The van der Waals surface area contributed by atoms with Crippen LogP contribution in [-0.2, 0) is 14.8 Å². The van der Waals surface area contributed by atoms with E-state index in [1.54, 1.807) is 35.1 Å². The third-order valence-corrected chi connectivity index (χ3v) is 6.28. The number of anilines is 2. The number of sulfonamides is 1. The van der Waals surface area contributed by atoms with Gasteiger partial charge in [0.1, 0.15) is 16.6 Å². The van der Waals surface area contributed by atoms with Gasteiger partial charge in [-0.25, -0.2) is 18.1 Å². The molecule has 0 radical (unpaired) electrons. The number of carbonyl (C=O) groups excluding carboxylic acids is 1. The second-order valence-corrected chi connectivity index (χ2v) is 10.4. The Morgan fingerprint density at radius 2 is 2.12 bits per heavy atom. The normalized spacial score (nSPS) is 16.8. The summed E-state index contributed by atoms with van der Waals surface area (Å²) in [6, 6.07) is 6.48. The number of aromatic nitrogens is 3. The van der Waals surface area contributed by atoms with E-state index in [-0.39, 0.29) is 11.1 Å². The molecule has 10 nitrogen and oxygen atoms in total. The van der Waals surface area contributed by atoms with Crippen molar-refractivity contribution in [1.82, 2.24) is 19.7 Å². The number of rotatable bonds is 7. The molecule has 1 aliphatic rings. The highest BCUT2D eigenvalue weighted by molar-refractivity contribution is 7.92. The first-order valence-electron chi connectivity index (χ1n) is 10.3. The van der Waals surface area contributed by atoms with Crippen LogP contribution in [0.2, 0.25) is 5.15 Å². The Labute approximate surface area is 196 Å². The molecule has 1 unspecified atom stereocenters. The van der Waals surface area contributed by atoms with Crippen LogP contribution in [0.3, 0.4) is 0 Å². The molecule has 1 atom stereocenters. The number of halogens is 1. The zero-order chi connectivity index (χ0) is 23.8. The van der Waals surface area contributed by atoms with Gasteiger partial charge in [0.2, 0.25) is 15.9 Å². The van der Waals surface area contributed by atoms with Gasteiger partial charge >= 0.3 is 0 Å². The highest BCUT2D eigenvalue weighted by Crippen LogP contribution is 2.33. The van der Waals surface area contributed by atoms with Crippen molar-refractivity contribution in [3.8, 4) is 11.4 Å². The number of hydrogen-bond donors (Lipinski definition) is 2. The third-order valence-electron chi connectivity index (χ3n) is 5.46. The minimum absolute atomic E-state index is 0.114. The Bertz CT molecular complexity index is 1310. The summed E-state index contributed by atoms with van der Waals surface area (Å²) in [6.07, 6.45) is 4.03. The maximum Gasteiger partial charge on any atom is 0.229 e. The molecule has 33 heavy (non-hydrogen) atoms. The van der Waals surface area contributed by atoms with Gasteiger partial charge in [0.25, 0.3) is 0 Å². The highest BCUT2D eigenvalue weighted by Gasteiger charge is 2.24. The van der Waals surface area contributed by atoms with Crippen molar-refractivity contribution >= 4 is 49.9 Å². The largest absolute Gasteiger partial charge is 0.494 e. The quantitative estimate of drug-likeness (QED) is 0.487. The third kappa shape index (κ3) is 5.37. The number of benzene rings is 1. The SMILES string of the molecule is COc1cc(NS(C)(=O)=O)ccc1-n1nc(NC(=O)CC2CCN(C)C2)c2cnc(Cl)cc21. The van der Waals surface area contributed by atoms with E-state index in [0.29, 0.717) is 46.2 Å². The van der Waals surface area contributed by atoms with Gasteiger partial charge in [-0.15, -0.1) is 5.10 Å². The Hall–Kier alpha value is -2.89. The standard InChI is InChI=1S/C21H25ClN6O4S/c1-27-7-6-13(12-27)8-20(29)24-21-15-11-23-19(22)10-17(15)28(25-21)16-5-4-14(9-18(16)32-2)26-33(3,30)31/h4-5,9-11,13,26H,6-8,12H2,1-3H3,(H,24,25,29). The van der Waals surface area contributed by atoms with Crippen molar-refractivity contribution in [2.75, 3.05) is 43.5 Å². The van der Waals surface area contributed by atoms with Crippen molar-refractivity contribution in [2.45, 2.75) is 12.8 Å². The number of hydrogen-bond acceptors (Lipinski definition) is 7. The van der Waals surface area contributed by atoms with Crippen molar-refractivity contribution in [1.29, 1.82) is 0 Å². The van der Waals surface area contributed by atoms with E-state index >= 15 is 0 Å². The van der Waals surface area contributed by atoms with E-state index in [2.05, 4.69) is 25.0 Å². The molecule has 1 aliphatic heterocycles. The van der Waals surface area contributed by atoms with E-state index < -0.39 is 10.0 Å². The van der Waals surface area contributed by atoms with Crippen molar-refractivity contribution < 1.29 is 17.9 Å². The van der Waals surface area contributed by atoms with E-state index in [0.717, 1.165) is 25.8 Å². The van der Waals surface area contributed by atoms with Gasteiger partial charge in [-0.05, 0) is 38.1 Å². The van der Waals surface area contributed by atoms with Gasteiger partial charge < -0.3 is 15.0 Å². The lowest BCUT2D eigenvalue weighted by atomic mass is 10.0. The summed E-state index contributed by atoms with van der Waals surface area (Å²) in [5.41, 5.74) is 1.51. The number of fused-ring (bicyclic) bond motifs is 1. The molecule has 1 aromatic carbocycles. The molecule has 0 spiro atoms. The van der Waals surface area contributed by atoms with E-state index in [1.165, 1.54) is 7.11 Å². The predicted molar refractivity (Wildman–Crippen MR) is 128 cm³/mol. The van der Waals surface area contributed by atoms with Gasteiger partial charge in [0.05, 0.1) is 30.0 Å². The van der Waals surface area contributed by atoms with Crippen molar-refractivity contribution in [3.05, 3.63) is 35.6 Å². The molecule has 3 heterocycles. The molecule has 1 amide bonds. The van der Waals surface area contributed by atoms with Crippen LogP contribution in [0.4, 0.5) is 11.5 Å². The molecule has 1 fully saturated rings. The molecule has 2 aromatic heterocycles. The fourth-order valence-electron chi connectivity index (χ4n) is 4.03. The summed E-state index contributed by atoms with van der Waals surface area (Å²) in [5, 5.41) is 8.40. The Morgan fingerprint density at radius 1 is 1.33 bits per heavy atom. The average Bonchev–Trinajstić information content (AvgIpc) is 3.29. The molecular weight excluding hydrogens is 468 g/mol. The van der Waals surface area contributed by atoms with Gasteiger partial charge in [0.15, 0.2) is 5.82 Å². The lowest BCUT2D eigenvalue weighted by Gasteiger charge is -2.12. The Morgan fingerprint density at radius 3 is 2.79 bits per heavy atom. The van der Waals surface area contributed by atoms with Gasteiger partial charge in [-0.3, -0.25) is 9.52 Å². The fourth-order valence-corrected chi connectivity index (χ4v) is 4.74. The van der Waals surface area contributed by atoms with E-state index in [1.807, 2.05) is 7.05 Å². The molecule has 12 heteroatoms. The van der Waals surface area contributed by atoms with Gasteiger partial charge in [0, 0.05) is 31.3 Å². The van der Waals surface area contributed by atoms with Gasteiger partial charge in [-0.2, -0.15) is 0 Å². The number of amides is 1. The molecule has 2 N–H and O–H groups in total. The number of pyridine rings is 1. The topological polar surface area (TPSA) is 118 Å². The van der Waals surface area contributed by atoms with Crippen LogP contribution in [0.1, 0.15) is 12.8 Å². The summed E-state index contributed by atoms with van der Waals surface area (Å²) < 4.78 is 32.7. The monoisotopic (exact) mass is 492 g/mol. The first-order valence-corrected chi connectivity index (χ1v) is 12.6. The molecule has 3 aromatic rings. The van der Waals surface area contributed by atoms with Crippen LogP contribution in [0, 0.1) is 5.92 Å². The van der Waals surface area contributed by atoms with Crippen LogP contribution in [0.25, 0.3) is 16.6 Å². The number of likely N-dealkylation sites (tertiary alicyclic amines) is 1. The van der Waals surface area contributed by atoms with Crippen molar-refractivity contribution in [2.24, 2.45) is 5.92 Å². The Balaban J connectivity index is 1.70. The summed E-state index contributed by atoms with van der Waals surface area (Å²) in [7, 11) is 0.0779. The molecule has 0 saturated carbocycles. The first kappa shape index (κ1) is 23.3. The number of nitrogens with one attached hydrogen (secondary N) is 2. The number of nitrogens with zero attached hydrogens (tertiary/aromatic N) is 4. The van der Waals surface area contributed by atoms with Gasteiger partial charge in [-0.1, -0.05) is 11.6 Å². The lowest BCUT2D eigenvalue weighted by molar-refractivity contribution is -0.117. The minimum Gasteiger partial charge on any atom is -0.494 e. The maximum atomic E-state index is 12.7. The van der Waals surface area contributed by atoms with Crippen LogP contribution < -0.4 is 14.8 Å². The van der Waals surface area contributed by atoms with Crippen LogP contribution in [0.5, 0.6) is 5.75 Å². The molecular formula is C21H25ClN6O4S. The second kappa shape index (κ2) is 9.16. The minimum atomic E-state index is -3.45. The summed E-state index contributed by atoms with van der Waals surface area (Å²) in [6.45, 7) is 1.88. The zero-order valence-electron chi connectivity index (χ0n) is 18.5. The predicted octanol–water partition coefficient (Wildman–Crippen LogP) is 2.73. The zero-order valence-corrected chi connectivity index (χ0v) is 20.1. The van der Waals surface area contributed by atoms with Crippen molar-refractivity contribution in [3.63, 3.8) is 0 Å². The number of ether oxygens (including phenoxy) is 1. The summed E-state index contributed by atoms with van der Waals surface area (Å²) >= 11 is 6.14. The molecule has 0 bridgehead atoms. The summed E-state index contributed by atoms with van der Waals surface area (Å²) in [4.78, 5) is 19.1. The second-order valence-electron chi connectivity index (χ2n) is 8.21. The smallest absolute Gasteiger partial charge is 0.229 e. The van der Waals surface area contributed by atoms with Crippen LogP contribution >= 0.6 is 11.6 Å². The van der Waals surface area contributed by atoms with E-state index in [9.17, 15) is 13.2 Å². The molecule has 176 valence electrons. The molecule has 0 aliphatic carbocycles.